The largest absolute Gasteiger partial charge is 0.492 e. The number of hydrogen-bond donors (Lipinski definition) is 0. The number of benzene rings is 3. The number of nitro groups is 1. The van der Waals surface area contributed by atoms with Crippen molar-refractivity contribution >= 4 is 44.8 Å². The Balaban J connectivity index is 1.40. The molecule has 12 heteroatoms. The number of thioether (sulfide) groups is 1. The number of hydrogen-bond acceptors (Lipinski definition) is 9. The molecule has 3 aromatic rings. The van der Waals surface area contributed by atoms with Crippen molar-refractivity contribution in [3.8, 4) is 11.5 Å². The average Bonchev–Trinajstić information content (AvgIpc) is 3.13. The Bertz CT molecular complexity index is 1440. The van der Waals surface area contributed by atoms with Crippen LogP contribution in [-0.2, 0) is 14.9 Å². The lowest BCUT2D eigenvalue weighted by Crippen LogP contribution is -2.32. The molecule has 3 aromatic carbocycles. The van der Waals surface area contributed by atoms with Gasteiger partial charge in [-0.1, -0.05) is 36.4 Å². The van der Waals surface area contributed by atoms with E-state index < -0.39 is 26.2 Å². The number of ether oxygens (including phenoxy) is 1. The number of non-ortho nitro benzene ring substituents is 1. The van der Waals surface area contributed by atoms with E-state index in [0.717, 1.165) is 22.7 Å². The second-order valence-corrected chi connectivity index (χ2v) is 9.90. The number of nitro benzene ring substituents is 1. The van der Waals surface area contributed by atoms with Crippen LogP contribution in [0.1, 0.15) is 5.56 Å². The number of rotatable bonds is 9. The number of nitrogens with zero attached hydrogens (tertiary/aromatic N) is 2. The van der Waals surface area contributed by atoms with Crippen molar-refractivity contribution in [2.24, 2.45) is 0 Å². The minimum absolute atomic E-state index is 0.0233. The second kappa shape index (κ2) is 10.6. The van der Waals surface area contributed by atoms with Gasteiger partial charge in [0.1, 0.15) is 23.0 Å². The quantitative estimate of drug-likeness (QED) is 0.171. The molecule has 0 saturated carbocycles. The average molecular weight is 527 g/mol. The number of imide groups is 1. The van der Waals surface area contributed by atoms with Gasteiger partial charge in [0.25, 0.3) is 16.8 Å². The highest BCUT2D eigenvalue weighted by Gasteiger charge is 2.34. The van der Waals surface area contributed by atoms with Gasteiger partial charge in [-0.15, -0.1) is 0 Å². The first kappa shape index (κ1) is 24.9. The van der Waals surface area contributed by atoms with E-state index >= 15 is 0 Å². The molecule has 0 radical (unpaired) electrons. The Morgan fingerprint density at radius 1 is 0.944 bits per heavy atom. The molecule has 10 nitrogen and oxygen atoms in total. The van der Waals surface area contributed by atoms with Crippen LogP contribution in [0.15, 0.2) is 88.7 Å². The number of carbonyl (C=O) groups is 2. The Morgan fingerprint density at radius 2 is 1.67 bits per heavy atom. The van der Waals surface area contributed by atoms with Crippen LogP contribution in [0.5, 0.6) is 11.5 Å². The summed E-state index contributed by atoms with van der Waals surface area (Å²) in [5.74, 6) is 0.162. The molecular formula is C24H18N2O8S2. The van der Waals surface area contributed by atoms with Gasteiger partial charge in [0.2, 0.25) is 0 Å². The molecule has 2 amide bonds. The Kier molecular flexibility index (Phi) is 7.36. The van der Waals surface area contributed by atoms with E-state index in [9.17, 15) is 28.1 Å². The van der Waals surface area contributed by atoms with Crippen molar-refractivity contribution in [1.29, 1.82) is 0 Å². The molecule has 1 fully saturated rings. The lowest BCUT2D eigenvalue weighted by atomic mass is 10.2. The zero-order chi connectivity index (χ0) is 25.7. The van der Waals surface area contributed by atoms with E-state index in [1.165, 1.54) is 48.5 Å². The van der Waals surface area contributed by atoms with Crippen molar-refractivity contribution < 1.29 is 31.9 Å². The maximum atomic E-state index is 12.7. The summed E-state index contributed by atoms with van der Waals surface area (Å²) >= 11 is 0.799. The molecule has 0 bridgehead atoms. The molecule has 1 aliphatic rings. The molecule has 0 spiro atoms. The fourth-order valence-electron chi connectivity index (χ4n) is 3.16. The van der Waals surface area contributed by atoms with Crippen LogP contribution in [0.3, 0.4) is 0 Å². The topological polar surface area (TPSA) is 133 Å². The van der Waals surface area contributed by atoms with E-state index in [4.69, 9.17) is 8.92 Å². The monoisotopic (exact) mass is 526 g/mol. The highest BCUT2D eigenvalue weighted by molar-refractivity contribution is 8.18. The lowest BCUT2D eigenvalue weighted by molar-refractivity contribution is -0.385. The molecule has 0 unspecified atom stereocenters. The van der Waals surface area contributed by atoms with Crippen molar-refractivity contribution in [2.75, 3.05) is 13.2 Å². The van der Waals surface area contributed by atoms with Gasteiger partial charge in [-0.2, -0.15) is 8.42 Å². The third kappa shape index (κ3) is 5.90. The van der Waals surface area contributed by atoms with Crippen LogP contribution in [0, 0.1) is 10.1 Å². The molecule has 0 atom stereocenters. The van der Waals surface area contributed by atoms with Crippen LogP contribution < -0.4 is 8.92 Å². The SMILES string of the molecule is O=C1S/C(=C\c2ccc(OS(=O)(=O)c3cccc([N+](=O)[O-])c3)cc2)C(=O)N1CCOc1ccccc1. The summed E-state index contributed by atoms with van der Waals surface area (Å²) in [6.45, 7) is 0.250. The number of para-hydroxylation sites is 1. The summed E-state index contributed by atoms with van der Waals surface area (Å²) in [6, 6.07) is 19.3. The van der Waals surface area contributed by atoms with Crippen molar-refractivity contribution in [2.45, 2.75) is 4.90 Å². The highest BCUT2D eigenvalue weighted by Crippen LogP contribution is 2.32. The molecule has 1 saturated heterocycles. The maximum Gasteiger partial charge on any atom is 0.339 e. The maximum absolute atomic E-state index is 12.7. The fraction of sp³-hybridized carbons (Fsp3) is 0.0833. The molecule has 36 heavy (non-hydrogen) atoms. The zero-order valence-corrected chi connectivity index (χ0v) is 20.1. The van der Waals surface area contributed by atoms with Gasteiger partial charge in [0, 0.05) is 12.1 Å². The summed E-state index contributed by atoms with van der Waals surface area (Å²) in [5.41, 5.74) is 0.164. The molecular weight excluding hydrogens is 508 g/mol. The van der Waals surface area contributed by atoms with Crippen molar-refractivity contribution in [3.63, 3.8) is 0 Å². The first-order valence-electron chi connectivity index (χ1n) is 10.5. The normalized spacial score (nSPS) is 14.8. The minimum Gasteiger partial charge on any atom is -0.492 e. The van der Waals surface area contributed by atoms with Gasteiger partial charge in [0.05, 0.1) is 16.4 Å². The van der Waals surface area contributed by atoms with Gasteiger partial charge < -0.3 is 8.92 Å². The summed E-state index contributed by atoms with van der Waals surface area (Å²) in [4.78, 5) is 36.1. The van der Waals surface area contributed by atoms with Gasteiger partial charge in [-0.05, 0) is 53.7 Å². The second-order valence-electron chi connectivity index (χ2n) is 7.36. The summed E-state index contributed by atoms with van der Waals surface area (Å²) in [6.07, 6.45) is 1.52. The molecule has 1 aliphatic heterocycles. The van der Waals surface area contributed by atoms with Crippen molar-refractivity contribution in [1.82, 2.24) is 4.90 Å². The van der Waals surface area contributed by atoms with Crippen LogP contribution >= 0.6 is 11.8 Å². The minimum atomic E-state index is -4.30. The van der Waals surface area contributed by atoms with E-state index in [1.807, 2.05) is 18.2 Å². The van der Waals surface area contributed by atoms with Gasteiger partial charge >= 0.3 is 10.1 Å². The Labute approximate surface area is 210 Å². The first-order chi connectivity index (χ1) is 17.2. The molecule has 1 heterocycles. The molecule has 0 aromatic heterocycles. The molecule has 184 valence electrons. The van der Waals surface area contributed by atoms with Crippen LogP contribution in [0.2, 0.25) is 0 Å². The van der Waals surface area contributed by atoms with Crippen LogP contribution in [0.25, 0.3) is 6.08 Å². The standard InChI is InChI=1S/C24H18N2O8S2/c27-23-22(35-24(28)25(23)13-14-33-19-6-2-1-3-7-19)15-17-9-11-20(12-10-17)34-36(31,32)21-8-4-5-18(16-21)26(29)30/h1-12,15-16H,13-14H2/b22-15-. The Hall–Kier alpha value is -4.16. The summed E-state index contributed by atoms with van der Waals surface area (Å²) in [5, 5.41) is 10.5. The third-order valence-corrected chi connectivity index (χ3v) is 7.05. The summed E-state index contributed by atoms with van der Waals surface area (Å²) in [7, 11) is -4.30. The number of carbonyl (C=O) groups excluding carboxylic acids is 2. The van der Waals surface area contributed by atoms with E-state index in [1.54, 1.807) is 12.1 Å². The predicted molar refractivity (Wildman–Crippen MR) is 132 cm³/mol. The lowest BCUT2D eigenvalue weighted by Gasteiger charge is -2.13. The van der Waals surface area contributed by atoms with Gasteiger partial charge in [-0.25, -0.2) is 0 Å². The third-order valence-electron chi connectivity index (χ3n) is 4.90. The van der Waals surface area contributed by atoms with Crippen molar-refractivity contribution in [3.05, 3.63) is 99.4 Å². The highest BCUT2D eigenvalue weighted by atomic mass is 32.2. The van der Waals surface area contributed by atoms with Gasteiger partial charge in [-0.3, -0.25) is 24.6 Å². The fourth-order valence-corrected chi connectivity index (χ4v) is 5.00. The van der Waals surface area contributed by atoms with E-state index in [0.29, 0.717) is 11.3 Å². The number of amides is 2. The van der Waals surface area contributed by atoms with Crippen LogP contribution in [0.4, 0.5) is 10.5 Å². The molecule has 4 rings (SSSR count). The van der Waals surface area contributed by atoms with Crippen LogP contribution in [-0.4, -0.2) is 42.5 Å². The summed E-state index contributed by atoms with van der Waals surface area (Å²) < 4.78 is 35.6. The van der Waals surface area contributed by atoms with E-state index in [-0.39, 0.29) is 34.4 Å². The van der Waals surface area contributed by atoms with E-state index in [2.05, 4.69) is 0 Å². The predicted octanol–water partition coefficient (Wildman–Crippen LogP) is 4.48. The molecule has 0 aliphatic carbocycles. The Morgan fingerprint density at radius 3 is 2.36 bits per heavy atom. The van der Waals surface area contributed by atoms with Gasteiger partial charge in [0.15, 0.2) is 0 Å². The zero-order valence-electron chi connectivity index (χ0n) is 18.5. The molecule has 0 N–H and O–H groups in total. The first-order valence-corrected chi connectivity index (χ1v) is 12.7. The smallest absolute Gasteiger partial charge is 0.339 e.